The van der Waals surface area contributed by atoms with Crippen molar-refractivity contribution in [2.75, 3.05) is 13.7 Å². The Bertz CT molecular complexity index is 182. The van der Waals surface area contributed by atoms with Gasteiger partial charge in [0.15, 0.2) is 0 Å². The number of hydrogen-bond acceptors (Lipinski definition) is 4. The van der Waals surface area contributed by atoms with Crippen LogP contribution in [0.15, 0.2) is 0 Å². The van der Waals surface area contributed by atoms with E-state index in [1.165, 1.54) is 21.0 Å². The Hall–Kier alpha value is -1.10. The monoisotopic (exact) mass is 175 g/mol. The van der Waals surface area contributed by atoms with Gasteiger partial charge < -0.3 is 15.2 Å². The van der Waals surface area contributed by atoms with Gasteiger partial charge in [-0.15, -0.1) is 0 Å². The molecule has 0 saturated heterocycles. The van der Waals surface area contributed by atoms with Gasteiger partial charge in [-0.25, -0.2) is 0 Å². The average molecular weight is 175 g/mol. The van der Waals surface area contributed by atoms with Crippen LogP contribution in [0.4, 0.5) is 0 Å². The van der Waals surface area contributed by atoms with E-state index in [0.29, 0.717) is 0 Å². The van der Waals surface area contributed by atoms with Gasteiger partial charge in [0.25, 0.3) is 5.91 Å². The third-order valence-corrected chi connectivity index (χ3v) is 1.18. The molecule has 0 aromatic rings. The molecule has 0 aromatic carbocycles. The van der Waals surface area contributed by atoms with Gasteiger partial charge >= 0.3 is 5.97 Å². The topological polar surface area (TPSA) is 75.6 Å². The van der Waals surface area contributed by atoms with Crippen LogP contribution in [-0.4, -0.2) is 36.2 Å². The van der Waals surface area contributed by atoms with Crippen LogP contribution >= 0.6 is 0 Å². The molecule has 0 bridgehead atoms. The first kappa shape index (κ1) is 10.9. The smallest absolute Gasteiger partial charge is 0.325 e. The Balaban J connectivity index is 3.81. The largest absolute Gasteiger partial charge is 0.468 e. The lowest BCUT2D eigenvalue weighted by Gasteiger charge is -2.15. The van der Waals surface area contributed by atoms with Crippen molar-refractivity contribution in [1.29, 1.82) is 0 Å². The number of ether oxygens (including phenoxy) is 1. The van der Waals surface area contributed by atoms with Crippen molar-refractivity contribution in [3.05, 3.63) is 0 Å². The quantitative estimate of drug-likeness (QED) is 0.542. The highest BCUT2D eigenvalue weighted by Crippen LogP contribution is 1.98. The minimum absolute atomic E-state index is 0.223. The minimum Gasteiger partial charge on any atom is -0.468 e. The molecule has 0 aromatic heterocycles. The molecule has 0 rings (SSSR count). The van der Waals surface area contributed by atoms with Crippen molar-refractivity contribution < 1.29 is 19.4 Å². The highest BCUT2D eigenvalue weighted by atomic mass is 16.5. The van der Waals surface area contributed by atoms with Crippen molar-refractivity contribution in [1.82, 2.24) is 5.32 Å². The molecule has 0 atom stereocenters. The Morgan fingerprint density at radius 3 is 2.33 bits per heavy atom. The minimum atomic E-state index is -1.46. The van der Waals surface area contributed by atoms with Gasteiger partial charge in [0, 0.05) is 0 Å². The summed E-state index contributed by atoms with van der Waals surface area (Å²) in [5.41, 5.74) is -1.46. The van der Waals surface area contributed by atoms with Crippen molar-refractivity contribution in [2.24, 2.45) is 0 Å². The van der Waals surface area contributed by atoms with E-state index < -0.39 is 17.5 Å². The Labute approximate surface area is 70.7 Å². The molecule has 2 N–H and O–H groups in total. The van der Waals surface area contributed by atoms with Crippen LogP contribution < -0.4 is 5.32 Å². The van der Waals surface area contributed by atoms with E-state index in [4.69, 9.17) is 5.11 Å². The Morgan fingerprint density at radius 2 is 2.00 bits per heavy atom. The zero-order valence-corrected chi connectivity index (χ0v) is 7.38. The van der Waals surface area contributed by atoms with Crippen molar-refractivity contribution in [3.8, 4) is 0 Å². The first-order valence-electron chi connectivity index (χ1n) is 3.45. The molecule has 0 unspecified atom stereocenters. The summed E-state index contributed by atoms with van der Waals surface area (Å²) in [5.74, 6) is -1.15. The van der Waals surface area contributed by atoms with Crippen LogP contribution in [0.25, 0.3) is 0 Å². The Kier molecular flexibility index (Phi) is 3.69. The van der Waals surface area contributed by atoms with E-state index in [2.05, 4.69) is 10.1 Å². The lowest BCUT2D eigenvalue weighted by Crippen LogP contribution is -2.44. The van der Waals surface area contributed by atoms with Crippen LogP contribution in [0, 0.1) is 0 Å². The van der Waals surface area contributed by atoms with Gasteiger partial charge in [0.1, 0.15) is 12.1 Å². The summed E-state index contributed by atoms with van der Waals surface area (Å²) in [7, 11) is 1.22. The summed E-state index contributed by atoms with van der Waals surface area (Å²) >= 11 is 0. The molecule has 70 valence electrons. The van der Waals surface area contributed by atoms with E-state index in [0.717, 1.165) is 0 Å². The summed E-state index contributed by atoms with van der Waals surface area (Å²) < 4.78 is 4.28. The number of aliphatic hydroxyl groups is 1. The van der Waals surface area contributed by atoms with Crippen LogP contribution in [0.5, 0.6) is 0 Å². The first-order chi connectivity index (χ1) is 5.38. The third kappa shape index (κ3) is 3.92. The maximum Gasteiger partial charge on any atom is 0.325 e. The highest BCUT2D eigenvalue weighted by molar-refractivity contribution is 5.87. The zero-order valence-electron chi connectivity index (χ0n) is 7.38. The molecule has 12 heavy (non-hydrogen) atoms. The molecule has 0 heterocycles. The van der Waals surface area contributed by atoms with Gasteiger partial charge in [-0.1, -0.05) is 0 Å². The molecular weight excluding hydrogens is 162 g/mol. The predicted octanol–water partition coefficient (Wildman–Crippen LogP) is -0.953. The molecule has 0 radical (unpaired) electrons. The molecule has 0 aliphatic rings. The van der Waals surface area contributed by atoms with E-state index in [1.54, 1.807) is 0 Å². The maximum absolute atomic E-state index is 10.9. The van der Waals surface area contributed by atoms with E-state index in [1.807, 2.05) is 0 Å². The van der Waals surface area contributed by atoms with Gasteiger partial charge in [-0.2, -0.15) is 0 Å². The number of nitrogens with one attached hydrogen (secondary N) is 1. The molecule has 0 aliphatic carbocycles. The fourth-order valence-corrected chi connectivity index (χ4v) is 0.441. The summed E-state index contributed by atoms with van der Waals surface area (Å²) in [4.78, 5) is 21.4. The Morgan fingerprint density at radius 1 is 1.50 bits per heavy atom. The van der Waals surface area contributed by atoms with Crippen LogP contribution in [0.3, 0.4) is 0 Å². The molecule has 0 saturated carbocycles. The highest BCUT2D eigenvalue weighted by Gasteiger charge is 2.23. The summed E-state index contributed by atoms with van der Waals surface area (Å²) in [5, 5.41) is 11.3. The lowest BCUT2D eigenvalue weighted by atomic mass is 10.1. The number of amides is 1. The summed E-state index contributed by atoms with van der Waals surface area (Å²) in [6.45, 7) is 2.44. The summed E-state index contributed by atoms with van der Waals surface area (Å²) in [6.07, 6.45) is 0. The van der Waals surface area contributed by atoms with Crippen molar-refractivity contribution in [2.45, 2.75) is 19.4 Å². The van der Waals surface area contributed by atoms with Gasteiger partial charge in [0.2, 0.25) is 0 Å². The van der Waals surface area contributed by atoms with Gasteiger partial charge in [0.05, 0.1) is 7.11 Å². The molecule has 5 nitrogen and oxygen atoms in total. The van der Waals surface area contributed by atoms with Crippen LogP contribution in [0.2, 0.25) is 0 Å². The molecule has 5 heteroatoms. The fraction of sp³-hybridized carbons (Fsp3) is 0.714. The average Bonchev–Trinajstić information content (AvgIpc) is 1.97. The van der Waals surface area contributed by atoms with E-state index in [9.17, 15) is 9.59 Å². The van der Waals surface area contributed by atoms with Crippen molar-refractivity contribution in [3.63, 3.8) is 0 Å². The number of rotatable bonds is 3. The second-order valence-corrected chi connectivity index (χ2v) is 2.82. The number of methoxy groups -OCH3 is 1. The fourth-order valence-electron chi connectivity index (χ4n) is 0.441. The SMILES string of the molecule is COC(=O)CNC(=O)C(C)(C)O. The summed E-state index contributed by atoms with van der Waals surface area (Å²) in [6, 6.07) is 0. The molecule has 1 amide bonds. The molecule has 0 spiro atoms. The number of carbonyl (C=O) groups is 2. The second kappa shape index (κ2) is 4.06. The molecular formula is C7H13NO4. The van der Waals surface area contributed by atoms with Crippen LogP contribution in [0.1, 0.15) is 13.8 Å². The first-order valence-corrected chi connectivity index (χ1v) is 3.45. The standard InChI is InChI=1S/C7H13NO4/c1-7(2,11)6(10)8-4-5(9)12-3/h11H,4H2,1-3H3,(H,8,10). The number of hydrogen-bond donors (Lipinski definition) is 2. The number of esters is 1. The molecule has 0 fully saturated rings. The van der Waals surface area contributed by atoms with E-state index in [-0.39, 0.29) is 6.54 Å². The third-order valence-electron chi connectivity index (χ3n) is 1.18. The van der Waals surface area contributed by atoms with E-state index >= 15 is 0 Å². The maximum atomic E-state index is 10.9. The van der Waals surface area contributed by atoms with Crippen LogP contribution in [-0.2, 0) is 14.3 Å². The van der Waals surface area contributed by atoms with Gasteiger partial charge in [-0.05, 0) is 13.8 Å². The van der Waals surface area contributed by atoms with Crippen molar-refractivity contribution >= 4 is 11.9 Å². The van der Waals surface area contributed by atoms with Gasteiger partial charge in [-0.3, -0.25) is 9.59 Å². The number of carbonyl (C=O) groups excluding carboxylic acids is 2. The second-order valence-electron chi connectivity index (χ2n) is 2.82. The molecule has 0 aliphatic heterocycles. The lowest BCUT2D eigenvalue weighted by molar-refractivity contribution is -0.144. The zero-order chi connectivity index (χ0) is 9.78. The predicted molar refractivity (Wildman–Crippen MR) is 41.3 cm³/mol. The normalized spacial score (nSPS) is 10.7.